The fourth-order valence-corrected chi connectivity index (χ4v) is 2.58. The second-order valence-corrected chi connectivity index (χ2v) is 7.69. The van der Waals surface area contributed by atoms with Crippen molar-refractivity contribution in [3.05, 3.63) is 23.8 Å². The van der Waals surface area contributed by atoms with Crippen molar-refractivity contribution < 1.29 is 17.9 Å². The molecular weight excluding hydrogens is 314 g/mol. The molecule has 0 fully saturated rings. The predicted octanol–water partition coefficient (Wildman–Crippen LogP) is 2.33. The van der Waals surface area contributed by atoms with Crippen LogP contribution in [-0.2, 0) is 20.3 Å². The minimum absolute atomic E-state index is 0.0432. The summed E-state index contributed by atoms with van der Waals surface area (Å²) < 4.78 is 27.8. The zero-order valence-corrected chi connectivity index (χ0v) is 13.9. The van der Waals surface area contributed by atoms with E-state index in [-0.39, 0.29) is 17.2 Å². The van der Waals surface area contributed by atoms with E-state index in [0.717, 1.165) is 6.42 Å². The molecule has 1 rings (SSSR count). The summed E-state index contributed by atoms with van der Waals surface area (Å²) in [5, 5.41) is 2.80. The number of nitrogens with one attached hydrogen (secondary N) is 1. The summed E-state index contributed by atoms with van der Waals surface area (Å²) in [6.45, 7) is 4.74. The lowest BCUT2D eigenvalue weighted by Gasteiger charge is -2.11. The van der Waals surface area contributed by atoms with Gasteiger partial charge in [0.1, 0.15) is 5.75 Å². The minimum atomic E-state index is -3.83. The second kappa shape index (κ2) is 7.66. The highest BCUT2D eigenvalue weighted by atomic mass is 35.7. The molecule has 0 saturated carbocycles. The van der Waals surface area contributed by atoms with Crippen LogP contribution in [0.5, 0.6) is 5.75 Å². The molecule has 1 amide bonds. The van der Waals surface area contributed by atoms with Gasteiger partial charge in [-0.25, -0.2) is 8.42 Å². The van der Waals surface area contributed by atoms with Crippen molar-refractivity contribution >= 4 is 25.6 Å². The Kier molecular flexibility index (Phi) is 6.48. The van der Waals surface area contributed by atoms with Crippen molar-refractivity contribution in [1.82, 2.24) is 5.32 Å². The van der Waals surface area contributed by atoms with Gasteiger partial charge in [-0.05, 0) is 30.5 Å². The Bertz CT molecular complexity index is 599. The molecule has 0 unspecified atom stereocenters. The summed E-state index contributed by atoms with van der Waals surface area (Å²) in [6, 6.07) is 4.20. The van der Waals surface area contributed by atoms with Gasteiger partial charge in [0.05, 0.1) is 18.4 Å². The van der Waals surface area contributed by atoms with E-state index in [4.69, 9.17) is 15.4 Å². The molecule has 5 nitrogen and oxygen atoms in total. The highest BCUT2D eigenvalue weighted by molar-refractivity contribution is 8.13. The number of halogens is 1. The average Bonchev–Trinajstić information content (AvgIpc) is 2.37. The minimum Gasteiger partial charge on any atom is -0.496 e. The SMILES string of the molecule is COc1ccc(S(=O)(=O)Cl)cc1CC(=O)NCCC(C)C. The van der Waals surface area contributed by atoms with Crippen molar-refractivity contribution in [1.29, 1.82) is 0 Å². The molecule has 0 bridgehead atoms. The van der Waals surface area contributed by atoms with Crippen molar-refractivity contribution in [3.8, 4) is 5.75 Å². The summed E-state index contributed by atoms with van der Waals surface area (Å²) in [5.74, 6) is 0.778. The molecule has 0 aliphatic heterocycles. The van der Waals surface area contributed by atoms with Gasteiger partial charge >= 0.3 is 0 Å². The van der Waals surface area contributed by atoms with Gasteiger partial charge in [0.15, 0.2) is 0 Å². The number of rotatable bonds is 7. The van der Waals surface area contributed by atoms with Crippen molar-refractivity contribution in [3.63, 3.8) is 0 Å². The van der Waals surface area contributed by atoms with Crippen LogP contribution in [-0.4, -0.2) is 28.0 Å². The van der Waals surface area contributed by atoms with Crippen LogP contribution in [0.2, 0.25) is 0 Å². The van der Waals surface area contributed by atoms with Gasteiger partial charge in [0, 0.05) is 22.8 Å². The topological polar surface area (TPSA) is 72.5 Å². The quantitative estimate of drug-likeness (QED) is 0.777. The van der Waals surface area contributed by atoms with Crippen LogP contribution >= 0.6 is 10.7 Å². The standard InChI is InChI=1S/C14H20ClNO4S/c1-10(2)6-7-16-14(17)9-11-8-12(21(15,18)19)4-5-13(11)20-3/h4-5,8,10H,6-7,9H2,1-3H3,(H,16,17). The van der Waals surface area contributed by atoms with Crippen LogP contribution in [0.15, 0.2) is 23.1 Å². The van der Waals surface area contributed by atoms with Crippen LogP contribution < -0.4 is 10.1 Å². The Balaban J connectivity index is 2.83. The van der Waals surface area contributed by atoms with E-state index in [2.05, 4.69) is 19.2 Å². The molecule has 118 valence electrons. The fraction of sp³-hybridized carbons (Fsp3) is 0.500. The lowest BCUT2D eigenvalue weighted by Crippen LogP contribution is -2.27. The van der Waals surface area contributed by atoms with Crippen molar-refractivity contribution in [2.24, 2.45) is 5.92 Å². The molecule has 1 N–H and O–H groups in total. The highest BCUT2D eigenvalue weighted by Gasteiger charge is 2.15. The fourth-order valence-electron chi connectivity index (χ4n) is 1.78. The van der Waals surface area contributed by atoms with Crippen LogP contribution in [0.3, 0.4) is 0 Å². The van der Waals surface area contributed by atoms with E-state index in [1.807, 2.05) is 0 Å². The van der Waals surface area contributed by atoms with Gasteiger partial charge in [0.2, 0.25) is 5.91 Å². The van der Waals surface area contributed by atoms with Gasteiger partial charge in [-0.3, -0.25) is 4.79 Å². The smallest absolute Gasteiger partial charge is 0.261 e. The van der Waals surface area contributed by atoms with Gasteiger partial charge in [0.25, 0.3) is 9.05 Å². The van der Waals surface area contributed by atoms with Gasteiger partial charge < -0.3 is 10.1 Å². The summed E-state index contributed by atoms with van der Waals surface area (Å²) in [7, 11) is 2.95. The molecule has 0 aliphatic rings. The molecular formula is C14H20ClNO4S. The Morgan fingerprint density at radius 3 is 2.57 bits per heavy atom. The van der Waals surface area contributed by atoms with Gasteiger partial charge in [-0.1, -0.05) is 13.8 Å². The number of ether oxygens (including phenoxy) is 1. The van der Waals surface area contributed by atoms with E-state index in [0.29, 0.717) is 23.8 Å². The molecule has 21 heavy (non-hydrogen) atoms. The maximum Gasteiger partial charge on any atom is 0.261 e. The lowest BCUT2D eigenvalue weighted by molar-refractivity contribution is -0.120. The van der Waals surface area contributed by atoms with Crippen LogP contribution in [0.25, 0.3) is 0 Å². The number of carbonyl (C=O) groups excluding carboxylic acids is 1. The first-order valence-electron chi connectivity index (χ1n) is 6.62. The summed E-state index contributed by atoms with van der Waals surface area (Å²) in [6.07, 6.45) is 0.931. The van der Waals surface area contributed by atoms with Crippen LogP contribution in [0.1, 0.15) is 25.8 Å². The first kappa shape index (κ1) is 17.8. The highest BCUT2D eigenvalue weighted by Crippen LogP contribution is 2.24. The number of methoxy groups -OCH3 is 1. The predicted molar refractivity (Wildman–Crippen MR) is 82.2 cm³/mol. The summed E-state index contributed by atoms with van der Waals surface area (Å²) in [4.78, 5) is 11.8. The normalized spacial score (nSPS) is 11.5. The first-order chi connectivity index (χ1) is 9.74. The number of benzene rings is 1. The number of hydrogen-bond donors (Lipinski definition) is 1. The summed E-state index contributed by atoms with van der Waals surface area (Å²) in [5.41, 5.74) is 0.487. The van der Waals surface area contributed by atoms with Gasteiger partial charge in [-0.2, -0.15) is 0 Å². The molecule has 1 aromatic carbocycles. The third-order valence-corrected chi connectivity index (χ3v) is 4.28. The molecule has 0 atom stereocenters. The molecule has 0 spiro atoms. The Morgan fingerprint density at radius 2 is 2.05 bits per heavy atom. The number of amides is 1. The third kappa shape index (κ3) is 5.93. The molecule has 0 aromatic heterocycles. The average molecular weight is 334 g/mol. The van der Waals surface area contributed by atoms with Crippen LogP contribution in [0, 0.1) is 5.92 Å². The molecule has 7 heteroatoms. The second-order valence-electron chi connectivity index (χ2n) is 5.12. The van der Waals surface area contributed by atoms with E-state index in [9.17, 15) is 13.2 Å². The molecule has 0 heterocycles. The third-order valence-electron chi connectivity index (χ3n) is 2.93. The first-order valence-corrected chi connectivity index (χ1v) is 8.93. The van der Waals surface area contributed by atoms with E-state index in [1.165, 1.54) is 25.3 Å². The summed E-state index contributed by atoms with van der Waals surface area (Å²) >= 11 is 0. The maximum absolute atomic E-state index is 11.9. The maximum atomic E-state index is 11.9. The molecule has 0 radical (unpaired) electrons. The largest absolute Gasteiger partial charge is 0.496 e. The number of carbonyl (C=O) groups is 1. The zero-order valence-electron chi connectivity index (χ0n) is 12.3. The number of hydrogen-bond acceptors (Lipinski definition) is 4. The van der Waals surface area contributed by atoms with E-state index >= 15 is 0 Å². The van der Waals surface area contributed by atoms with Crippen LogP contribution in [0.4, 0.5) is 0 Å². The Hall–Kier alpha value is -1.27. The lowest BCUT2D eigenvalue weighted by atomic mass is 10.1. The molecule has 0 aliphatic carbocycles. The van der Waals surface area contributed by atoms with Crippen molar-refractivity contribution in [2.75, 3.05) is 13.7 Å². The Morgan fingerprint density at radius 1 is 1.38 bits per heavy atom. The van der Waals surface area contributed by atoms with E-state index < -0.39 is 9.05 Å². The zero-order chi connectivity index (χ0) is 16.0. The van der Waals surface area contributed by atoms with Crippen molar-refractivity contribution in [2.45, 2.75) is 31.6 Å². The molecule has 1 aromatic rings. The van der Waals surface area contributed by atoms with E-state index in [1.54, 1.807) is 0 Å². The Labute approximate surface area is 130 Å². The molecule has 0 saturated heterocycles. The van der Waals surface area contributed by atoms with Gasteiger partial charge in [-0.15, -0.1) is 0 Å². The monoisotopic (exact) mass is 333 g/mol.